The number of esters is 1. The number of carbonyl (C=O) groups excluding carboxylic acids is 1. The van der Waals surface area contributed by atoms with E-state index in [1.54, 1.807) is 0 Å². The summed E-state index contributed by atoms with van der Waals surface area (Å²) in [6, 6.07) is 0.778. The quantitative estimate of drug-likeness (QED) is 0.801. The molecular weight excluding hydrogens is 292 g/mol. The zero-order valence-electron chi connectivity index (χ0n) is 15.3. The van der Waals surface area contributed by atoms with E-state index in [-0.39, 0.29) is 12.1 Å². The number of nitrogens with zero attached hydrogens (tertiary/aromatic N) is 2. The predicted molar refractivity (Wildman–Crippen MR) is 91.3 cm³/mol. The number of rotatable bonds is 4. The first-order valence-corrected chi connectivity index (χ1v) is 9.10. The van der Waals surface area contributed by atoms with Crippen molar-refractivity contribution >= 4 is 5.97 Å². The van der Waals surface area contributed by atoms with Crippen LogP contribution >= 0.6 is 0 Å². The summed E-state index contributed by atoms with van der Waals surface area (Å²) >= 11 is 0. The van der Waals surface area contributed by atoms with Gasteiger partial charge in [0.15, 0.2) is 0 Å². The van der Waals surface area contributed by atoms with Gasteiger partial charge in [-0.2, -0.15) is 0 Å². The molecule has 1 saturated carbocycles. The van der Waals surface area contributed by atoms with Crippen molar-refractivity contribution in [1.82, 2.24) is 9.80 Å². The molecule has 1 N–H and O–H groups in total. The van der Waals surface area contributed by atoms with Gasteiger partial charge < -0.3 is 9.84 Å². The van der Waals surface area contributed by atoms with Crippen LogP contribution in [0.3, 0.4) is 0 Å². The van der Waals surface area contributed by atoms with E-state index in [4.69, 9.17) is 4.74 Å². The van der Waals surface area contributed by atoms with E-state index in [2.05, 4.69) is 9.80 Å². The number of piperidine rings is 1. The molecule has 2 atom stereocenters. The second kappa shape index (κ2) is 7.95. The van der Waals surface area contributed by atoms with Gasteiger partial charge in [-0.15, -0.1) is 0 Å². The van der Waals surface area contributed by atoms with Gasteiger partial charge in [-0.25, -0.2) is 0 Å². The Morgan fingerprint density at radius 1 is 1.17 bits per heavy atom. The van der Waals surface area contributed by atoms with Crippen LogP contribution in [0.2, 0.25) is 0 Å². The molecule has 0 aromatic carbocycles. The van der Waals surface area contributed by atoms with Gasteiger partial charge in [-0.05, 0) is 53.5 Å². The van der Waals surface area contributed by atoms with Crippen LogP contribution in [0.25, 0.3) is 0 Å². The second-order valence-electron chi connectivity index (χ2n) is 8.19. The molecule has 2 fully saturated rings. The Balaban J connectivity index is 1.76. The summed E-state index contributed by atoms with van der Waals surface area (Å²) < 4.78 is 5.41. The molecule has 2 rings (SSSR count). The molecule has 23 heavy (non-hydrogen) atoms. The molecule has 0 bridgehead atoms. The molecule has 0 aromatic rings. The Labute approximate surface area is 141 Å². The van der Waals surface area contributed by atoms with Gasteiger partial charge >= 0.3 is 5.97 Å². The third kappa shape index (κ3) is 5.73. The lowest BCUT2D eigenvalue weighted by Gasteiger charge is -2.43. The van der Waals surface area contributed by atoms with Gasteiger partial charge in [0.2, 0.25) is 0 Å². The second-order valence-corrected chi connectivity index (χ2v) is 8.19. The predicted octanol–water partition coefficient (Wildman–Crippen LogP) is 2.03. The molecule has 2 aliphatic rings. The molecule has 1 heterocycles. The van der Waals surface area contributed by atoms with E-state index in [1.807, 2.05) is 27.8 Å². The van der Waals surface area contributed by atoms with Crippen LogP contribution in [-0.2, 0) is 9.53 Å². The Kier molecular flexibility index (Phi) is 6.46. The Morgan fingerprint density at radius 2 is 1.78 bits per heavy atom. The molecular formula is C18H34N2O3. The highest BCUT2D eigenvalue weighted by Crippen LogP contribution is 2.26. The fourth-order valence-electron chi connectivity index (χ4n) is 3.88. The molecule has 1 aliphatic carbocycles. The van der Waals surface area contributed by atoms with Gasteiger partial charge in [-0.1, -0.05) is 12.8 Å². The van der Waals surface area contributed by atoms with E-state index in [0.29, 0.717) is 18.6 Å². The summed E-state index contributed by atoms with van der Waals surface area (Å²) in [6.07, 6.45) is 6.43. The molecule has 0 aromatic heterocycles. The number of hydrogen-bond acceptors (Lipinski definition) is 5. The maximum absolute atomic E-state index is 12.0. The maximum atomic E-state index is 12.0. The van der Waals surface area contributed by atoms with Crippen LogP contribution in [0.15, 0.2) is 0 Å². The number of hydrogen-bond donors (Lipinski definition) is 1. The summed E-state index contributed by atoms with van der Waals surface area (Å²) in [5.74, 6) is -0.148. The van der Waals surface area contributed by atoms with E-state index in [1.165, 1.54) is 6.42 Å². The number of ether oxygens (including phenoxy) is 1. The fourth-order valence-corrected chi connectivity index (χ4v) is 3.88. The van der Waals surface area contributed by atoms with E-state index in [9.17, 15) is 9.90 Å². The highest BCUT2D eigenvalue weighted by Gasteiger charge is 2.32. The molecule has 134 valence electrons. The van der Waals surface area contributed by atoms with Crippen molar-refractivity contribution in [3.05, 3.63) is 0 Å². The standard InChI is InChI=1S/C18H34N2O3/c1-18(2,3)23-17(22)13-19(4)14-9-11-20(12-10-14)15-7-5-6-8-16(15)21/h14-16,21H,5-13H2,1-4H3/t15-,16-/m0/s1. The van der Waals surface area contributed by atoms with Crippen molar-refractivity contribution in [2.75, 3.05) is 26.7 Å². The first kappa shape index (κ1) is 18.7. The van der Waals surface area contributed by atoms with Gasteiger partial charge in [-0.3, -0.25) is 14.6 Å². The monoisotopic (exact) mass is 326 g/mol. The minimum absolute atomic E-state index is 0.148. The van der Waals surface area contributed by atoms with Crippen molar-refractivity contribution in [2.45, 2.75) is 83.1 Å². The summed E-state index contributed by atoms with van der Waals surface area (Å²) in [5, 5.41) is 10.2. The first-order valence-electron chi connectivity index (χ1n) is 9.10. The SMILES string of the molecule is CN(CC(=O)OC(C)(C)C)C1CCN([C@H]2CCCC[C@@H]2O)CC1. The van der Waals surface area contributed by atoms with E-state index < -0.39 is 5.60 Å². The van der Waals surface area contributed by atoms with Gasteiger partial charge in [0, 0.05) is 25.2 Å². The minimum Gasteiger partial charge on any atom is -0.459 e. The average molecular weight is 326 g/mol. The lowest BCUT2D eigenvalue weighted by atomic mass is 9.89. The normalized spacial score (nSPS) is 28.1. The summed E-state index contributed by atoms with van der Waals surface area (Å²) in [7, 11) is 2.01. The summed E-state index contributed by atoms with van der Waals surface area (Å²) in [4.78, 5) is 16.5. The third-order valence-corrected chi connectivity index (χ3v) is 5.08. The number of likely N-dealkylation sites (tertiary alicyclic amines) is 1. The van der Waals surface area contributed by atoms with Crippen molar-refractivity contribution in [3.63, 3.8) is 0 Å². The highest BCUT2D eigenvalue weighted by molar-refractivity contribution is 5.72. The van der Waals surface area contributed by atoms with Crippen LogP contribution in [0.4, 0.5) is 0 Å². The van der Waals surface area contributed by atoms with Crippen LogP contribution in [-0.4, -0.2) is 71.3 Å². The summed E-state index contributed by atoms with van der Waals surface area (Å²) in [6.45, 7) is 8.10. The van der Waals surface area contributed by atoms with Crippen LogP contribution in [0.1, 0.15) is 59.3 Å². The molecule has 5 nitrogen and oxygen atoms in total. The molecule has 1 aliphatic heterocycles. The number of aliphatic hydroxyl groups excluding tert-OH is 1. The molecule has 0 amide bonds. The Bertz CT molecular complexity index is 386. The van der Waals surface area contributed by atoms with Crippen LogP contribution in [0.5, 0.6) is 0 Å². The molecule has 1 saturated heterocycles. The van der Waals surface area contributed by atoms with Crippen molar-refractivity contribution in [3.8, 4) is 0 Å². The maximum Gasteiger partial charge on any atom is 0.320 e. The first-order chi connectivity index (χ1) is 10.8. The smallest absolute Gasteiger partial charge is 0.320 e. The zero-order chi connectivity index (χ0) is 17.0. The number of carbonyl (C=O) groups is 1. The Morgan fingerprint density at radius 3 is 2.35 bits per heavy atom. The van der Waals surface area contributed by atoms with Gasteiger partial charge in [0.1, 0.15) is 5.60 Å². The average Bonchev–Trinajstić information content (AvgIpc) is 2.46. The molecule has 0 radical (unpaired) electrons. The molecule has 5 heteroatoms. The van der Waals surface area contributed by atoms with Crippen molar-refractivity contribution in [1.29, 1.82) is 0 Å². The minimum atomic E-state index is -0.418. The van der Waals surface area contributed by atoms with Gasteiger partial charge in [0.05, 0.1) is 12.6 Å². The van der Waals surface area contributed by atoms with E-state index >= 15 is 0 Å². The Hall–Kier alpha value is -0.650. The van der Waals surface area contributed by atoms with Crippen LogP contribution < -0.4 is 0 Å². The topological polar surface area (TPSA) is 53.0 Å². The number of likely N-dealkylation sites (N-methyl/N-ethyl adjacent to an activating group) is 1. The third-order valence-electron chi connectivity index (χ3n) is 5.08. The zero-order valence-corrected chi connectivity index (χ0v) is 15.3. The lowest BCUT2D eigenvalue weighted by Crippen LogP contribution is -2.52. The lowest BCUT2D eigenvalue weighted by molar-refractivity contribution is -0.156. The van der Waals surface area contributed by atoms with Crippen molar-refractivity contribution < 1.29 is 14.6 Å². The van der Waals surface area contributed by atoms with E-state index in [0.717, 1.165) is 45.2 Å². The molecule has 0 unspecified atom stereocenters. The van der Waals surface area contributed by atoms with Crippen molar-refractivity contribution in [2.24, 2.45) is 0 Å². The fraction of sp³-hybridized carbons (Fsp3) is 0.944. The largest absolute Gasteiger partial charge is 0.459 e. The van der Waals surface area contributed by atoms with Gasteiger partial charge in [0.25, 0.3) is 0 Å². The summed E-state index contributed by atoms with van der Waals surface area (Å²) in [5.41, 5.74) is -0.418. The molecule has 0 spiro atoms. The highest BCUT2D eigenvalue weighted by atomic mass is 16.6. The number of aliphatic hydroxyl groups is 1. The van der Waals surface area contributed by atoms with Crippen LogP contribution in [0, 0.1) is 0 Å².